The number of hydrogen-bond donors (Lipinski definition) is 2. The molecule has 5 rings (SSSR count). The number of carbonyl (C=O) groups excluding carboxylic acids is 2. The molecule has 1 atom stereocenters. The van der Waals surface area contributed by atoms with E-state index >= 15 is 0 Å². The summed E-state index contributed by atoms with van der Waals surface area (Å²) in [6.07, 6.45) is 6.14. The van der Waals surface area contributed by atoms with Gasteiger partial charge in [0.15, 0.2) is 6.61 Å². The standard InChI is InChI=1S/C29H31ClN4O4/c30-25-16-20(9-11-26(25)35)29(37)32-31-17-21-10-12-27(24-8-2-1-7-23(21)24)38-19-28(36)34-15-5-6-22(34)18-33-13-3-4-14-33/h1-2,7-12,16-17,22,35H,3-6,13-15,18-19H2,(H,32,37)/b31-17+. The maximum Gasteiger partial charge on any atom is 0.271 e. The molecule has 198 valence electrons. The van der Waals surface area contributed by atoms with Crippen molar-refractivity contribution >= 4 is 40.4 Å². The van der Waals surface area contributed by atoms with Crippen LogP contribution in [0.2, 0.25) is 5.02 Å². The van der Waals surface area contributed by atoms with Crippen LogP contribution in [0.3, 0.4) is 0 Å². The van der Waals surface area contributed by atoms with Gasteiger partial charge in [-0.05, 0) is 74.5 Å². The van der Waals surface area contributed by atoms with Crippen molar-refractivity contribution in [3.63, 3.8) is 0 Å². The van der Waals surface area contributed by atoms with E-state index in [1.54, 1.807) is 6.21 Å². The van der Waals surface area contributed by atoms with Crippen LogP contribution in [0.5, 0.6) is 11.5 Å². The first kappa shape index (κ1) is 26.0. The molecule has 2 N–H and O–H groups in total. The smallest absolute Gasteiger partial charge is 0.271 e. The number of hydrogen-bond acceptors (Lipinski definition) is 6. The Morgan fingerprint density at radius 1 is 1.05 bits per heavy atom. The van der Waals surface area contributed by atoms with Gasteiger partial charge in [-0.2, -0.15) is 5.10 Å². The molecule has 2 amide bonds. The zero-order valence-electron chi connectivity index (χ0n) is 21.1. The van der Waals surface area contributed by atoms with Crippen LogP contribution in [-0.2, 0) is 4.79 Å². The van der Waals surface area contributed by atoms with E-state index < -0.39 is 5.91 Å². The number of phenols is 1. The molecule has 0 aromatic heterocycles. The van der Waals surface area contributed by atoms with Gasteiger partial charge in [0, 0.05) is 35.6 Å². The second-order valence-electron chi connectivity index (χ2n) is 9.74. The summed E-state index contributed by atoms with van der Waals surface area (Å²) in [5.41, 5.74) is 3.55. The van der Waals surface area contributed by atoms with Crippen LogP contribution in [0.1, 0.15) is 41.6 Å². The van der Waals surface area contributed by atoms with Crippen molar-refractivity contribution in [1.29, 1.82) is 0 Å². The number of ether oxygens (including phenoxy) is 1. The zero-order valence-corrected chi connectivity index (χ0v) is 21.9. The van der Waals surface area contributed by atoms with E-state index in [1.807, 2.05) is 41.3 Å². The molecule has 0 bridgehead atoms. The van der Waals surface area contributed by atoms with Gasteiger partial charge in [-0.1, -0.05) is 35.9 Å². The van der Waals surface area contributed by atoms with Crippen LogP contribution >= 0.6 is 11.6 Å². The molecule has 2 heterocycles. The summed E-state index contributed by atoms with van der Waals surface area (Å²) < 4.78 is 6.04. The number of aromatic hydroxyl groups is 1. The molecule has 2 saturated heterocycles. The lowest BCUT2D eigenvalue weighted by atomic mass is 10.0. The Morgan fingerprint density at radius 2 is 1.84 bits per heavy atom. The van der Waals surface area contributed by atoms with E-state index in [1.165, 1.54) is 31.0 Å². The highest BCUT2D eigenvalue weighted by molar-refractivity contribution is 6.32. The normalized spacial score (nSPS) is 17.9. The number of likely N-dealkylation sites (tertiary alicyclic amines) is 2. The third kappa shape index (κ3) is 5.92. The van der Waals surface area contributed by atoms with Gasteiger partial charge >= 0.3 is 0 Å². The molecular weight excluding hydrogens is 504 g/mol. The first-order chi connectivity index (χ1) is 18.5. The SMILES string of the molecule is O=C(N/N=C/c1ccc(OCC(=O)N2CCCC2CN2CCCC2)c2ccccc12)c1ccc(O)c(Cl)c1. The molecule has 8 nitrogen and oxygen atoms in total. The first-order valence-electron chi connectivity index (χ1n) is 13.0. The highest BCUT2D eigenvalue weighted by atomic mass is 35.5. The van der Waals surface area contributed by atoms with Crippen molar-refractivity contribution in [3.05, 3.63) is 70.7 Å². The average molecular weight is 535 g/mol. The van der Waals surface area contributed by atoms with Crippen LogP contribution in [-0.4, -0.2) is 71.8 Å². The molecule has 38 heavy (non-hydrogen) atoms. The predicted molar refractivity (Wildman–Crippen MR) is 148 cm³/mol. The number of nitrogens with one attached hydrogen (secondary N) is 1. The molecule has 0 aliphatic carbocycles. The molecule has 2 aliphatic heterocycles. The van der Waals surface area contributed by atoms with E-state index in [2.05, 4.69) is 15.4 Å². The van der Waals surface area contributed by atoms with Gasteiger partial charge in [0.05, 0.1) is 11.2 Å². The Balaban J connectivity index is 1.24. The fourth-order valence-electron chi connectivity index (χ4n) is 5.25. The summed E-state index contributed by atoms with van der Waals surface area (Å²) in [5, 5.41) is 15.5. The number of rotatable bonds is 8. The summed E-state index contributed by atoms with van der Waals surface area (Å²) in [6, 6.07) is 15.9. The quantitative estimate of drug-likeness (QED) is 0.329. The van der Waals surface area contributed by atoms with Gasteiger partial charge in [-0.3, -0.25) is 9.59 Å². The van der Waals surface area contributed by atoms with Gasteiger partial charge in [0.2, 0.25) is 0 Å². The lowest BCUT2D eigenvalue weighted by Gasteiger charge is -2.28. The maximum atomic E-state index is 13.1. The summed E-state index contributed by atoms with van der Waals surface area (Å²) in [5.74, 6) is 0.114. The number of carbonyl (C=O) groups is 2. The third-order valence-electron chi connectivity index (χ3n) is 7.21. The fraction of sp³-hybridized carbons (Fsp3) is 0.345. The maximum absolute atomic E-state index is 13.1. The van der Waals surface area contributed by atoms with Crippen molar-refractivity contribution in [2.24, 2.45) is 5.10 Å². The van der Waals surface area contributed by atoms with Crippen molar-refractivity contribution < 1.29 is 19.4 Å². The summed E-state index contributed by atoms with van der Waals surface area (Å²) >= 11 is 5.89. The number of phenolic OH excluding ortho intramolecular Hbond substituents is 1. The van der Waals surface area contributed by atoms with Gasteiger partial charge in [0.1, 0.15) is 11.5 Å². The largest absolute Gasteiger partial charge is 0.506 e. The van der Waals surface area contributed by atoms with E-state index in [4.69, 9.17) is 16.3 Å². The molecule has 2 aliphatic rings. The zero-order chi connectivity index (χ0) is 26.5. The minimum Gasteiger partial charge on any atom is -0.506 e. The van der Waals surface area contributed by atoms with Crippen LogP contribution < -0.4 is 10.2 Å². The van der Waals surface area contributed by atoms with Crippen LogP contribution in [0.4, 0.5) is 0 Å². The Hall–Kier alpha value is -3.62. The monoisotopic (exact) mass is 534 g/mol. The van der Waals surface area contributed by atoms with Crippen LogP contribution in [0.15, 0.2) is 59.7 Å². The summed E-state index contributed by atoms with van der Waals surface area (Å²) in [6.45, 7) is 4.01. The molecule has 3 aromatic rings. The number of nitrogens with zero attached hydrogens (tertiary/aromatic N) is 3. The van der Waals surface area contributed by atoms with Crippen molar-refractivity contribution in [2.75, 3.05) is 32.8 Å². The lowest BCUT2D eigenvalue weighted by molar-refractivity contribution is -0.134. The minimum absolute atomic E-state index is 0.000816. The van der Waals surface area contributed by atoms with Gasteiger partial charge in [-0.15, -0.1) is 0 Å². The lowest BCUT2D eigenvalue weighted by Crippen LogP contribution is -2.44. The highest BCUT2D eigenvalue weighted by Crippen LogP contribution is 2.29. The Kier molecular flexibility index (Phi) is 8.10. The number of hydrazone groups is 1. The van der Waals surface area contributed by atoms with E-state index in [0.717, 1.165) is 55.4 Å². The van der Waals surface area contributed by atoms with Gasteiger partial charge < -0.3 is 19.6 Å². The predicted octanol–water partition coefficient (Wildman–Crippen LogP) is 4.43. The second kappa shape index (κ2) is 11.8. The molecule has 9 heteroatoms. The summed E-state index contributed by atoms with van der Waals surface area (Å²) in [7, 11) is 0. The average Bonchev–Trinajstić information content (AvgIpc) is 3.62. The third-order valence-corrected chi connectivity index (χ3v) is 7.52. The molecule has 3 aromatic carbocycles. The van der Waals surface area contributed by atoms with Crippen LogP contribution in [0, 0.1) is 0 Å². The van der Waals surface area contributed by atoms with Crippen molar-refractivity contribution in [1.82, 2.24) is 15.2 Å². The highest BCUT2D eigenvalue weighted by Gasteiger charge is 2.31. The van der Waals surface area contributed by atoms with E-state index in [0.29, 0.717) is 5.75 Å². The van der Waals surface area contributed by atoms with Crippen molar-refractivity contribution in [3.8, 4) is 11.5 Å². The molecule has 2 fully saturated rings. The topological polar surface area (TPSA) is 94.5 Å². The molecule has 0 saturated carbocycles. The molecule has 0 spiro atoms. The molecule has 1 unspecified atom stereocenters. The first-order valence-corrected chi connectivity index (χ1v) is 13.4. The molecule has 0 radical (unpaired) electrons. The van der Waals surface area contributed by atoms with Crippen molar-refractivity contribution in [2.45, 2.75) is 31.7 Å². The number of halogens is 1. The second-order valence-corrected chi connectivity index (χ2v) is 10.2. The van der Waals surface area contributed by atoms with E-state index in [-0.39, 0.29) is 34.9 Å². The Bertz CT molecular complexity index is 1360. The molecular formula is C29H31ClN4O4. The Labute approximate surface area is 226 Å². The minimum atomic E-state index is -0.448. The van der Waals surface area contributed by atoms with E-state index in [9.17, 15) is 14.7 Å². The number of fused-ring (bicyclic) bond motifs is 1. The van der Waals surface area contributed by atoms with Crippen LogP contribution in [0.25, 0.3) is 10.8 Å². The van der Waals surface area contributed by atoms with Gasteiger partial charge in [0.25, 0.3) is 11.8 Å². The fourth-order valence-corrected chi connectivity index (χ4v) is 5.43. The number of amides is 2. The number of benzene rings is 3. The van der Waals surface area contributed by atoms with Gasteiger partial charge in [-0.25, -0.2) is 5.43 Å². The Morgan fingerprint density at radius 3 is 2.63 bits per heavy atom. The summed E-state index contributed by atoms with van der Waals surface area (Å²) in [4.78, 5) is 29.9.